The molecule has 1 N–H and O–H groups in total. The molecule has 1 amide bonds. The van der Waals surface area contributed by atoms with Gasteiger partial charge in [0.2, 0.25) is 5.91 Å². The van der Waals surface area contributed by atoms with E-state index in [2.05, 4.69) is 10.1 Å². The smallest absolute Gasteiger partial charge is 0.338 e. The van der Waals surface area contributed by atoms with Crippen molar-refractivity contribution in [2.24, 2.45) is 0 Å². The van der Waals surface area contributed by atoms with Crippen molar-refractivity contribution in [1.82, 2.24) is 0 Å². The van der Waals surface area contributed by atoms with Crippen molar-refractivity contribution < 1.29 is 19.2 Å². The standard InChI is InChI=1S/C17H16N2O5/c1-11-13(17(21)24-2)7-5-8-14(11)18-16(20)10-12-6-3-4-9-15(12)19(22)23/h3-9H,10H2,1-2H3,(H,18,20). The molecule has 124 valence electrons. The van der Waals surface area contributed by atoms with Crippen molar-refractivity contribution in [3.05, 3.63) is 69.3 Å². The average molecular weight is 328 g/mol. The van der Waals surface area contributed by atoms with E-state index in [0.29, 0.717) is 22.4 Å². The normalized spacial score (nSPS) is 10.1. The Bertz CT molecular complexity index is 801. The Labute approximate surface area is 138 Å². The minimum atomic E-state index is -0.522. The van der Waals surface area contributed by atoms with E-state index in [-0.39, 0.29) is 12.1 Å². The third-order valence-corrected chi connectivity index (χ3v) is 3.55. The third kappa shape index (κ3) is 3.75. The number of anilines is 1. The molecule has 0 unspecified atom stereocenters. The van der Waals surface area contributed by atoms with Crippen molar-refractivity contribution in [2.75, 3.05) is 12.4 Å². The molecule has 24 heavy (non-hydrogen) atoms. The molecule has 0 saturated carbocycles. The first-order valence-electron chi connectivity index (χ1n) is 7.14. The molecule has 0 aliphatic carbocycles. The lowest BCUT2D eigenvalue weighted by molar-refractivity contribution is -0.385. The summed E-state index contributed by atoms with van der Waals surface area (Å²) in [6.45, 7) is 1.69. The average Bonchev–Trinajstić information content (AvgIpc) is 2.56. The number of esters is 1. The molecule has 0 aromatic heterocycles. The monoisotopic (exact) mass is 328 g/mol. The molecule has 0 heterocycles. The summed E-state index contributed by atoms with van der Waals surface area (Å²) in [6, 6.07) is 10.9. The fourth-order valence-corrected chi connectivity index (χ4v) is 2.31. The number of para-hydroxylation sites is 1. The highest BCUT2D eigenvalue weighted by Gasteiger charge is 2.17. The molecule has 0 aliphatic heterocycles. The molecule has 7 nitrogen and oxygen atoms in total. The SMILES string of the molecule is COC(=O)c1cccc(NC(=O)Cc2ccccc2[N+](=O)[O-])c1C. The summed E-state index contributed by atoms with van der Waals surface area (Å²) in [5.41, 5.74) is 1.59. The van der Waals surface area contributed by atoms with Crippen LogP contribution in [0.25, 0.3) is 0 Å². The van der Waals surface area contributed by atoms with Gasteiger partial charge in [-0.15, -0.1) is 0 Å². The Morgan fingerprint density at radius 2 is 1.88 bits per heavy atom. The summed E-state index contributed by atoms with van der Waals surface area (Å²) in [6.07, 6.45) is -0.140. The van der Waals surface area contributed by atoms with Crippen molar-refractivity contribution in [3.8, 4) is 0 Å². The van der Waals surface area contributed by atoms with Gasteiger partial charge < -0.3 is 10.1 Å². The summed E-state index contributed by atoms with van der Waals surface area (Å²) >= 11 is 0. The number of nitro benzene ring substituents is 1. The highest BCUT2D eigenvalue weighted by Crippen LogP contribution is 2.22. The van der Waals surface area contributed by atoms with Gasteiger partial charge in [0.25, 0.3) is 5.69 Å². The van der Waals surface area contributed by atoms with Crippen LogP contribution in [0.5, 0.6) is 0 Å². The van der Waals surface area contributed by atoms with Crippen LogP contribution in [0.15, 0.2) is 42.5 Å². The first-order chi connectivity index (χ1) is 11.4. The van der Waals surface area contributed by atoms with Crippen LogP contribution in [0.4, 0.5) is 11.4 Å². The Morgan fingerprint density at radius 3 is 2.54 bits per heavy atom. The maximum Gasteiger partial charge on any atom is 0.338 e. The van der Waals surface area contributed by atoms with Gasteiger partial charge in [-0.05, 0) is 24.6 Å². The second-order valence-electron chi connectivity index (χ2n) is 5.08. The van der Waals surface area contributed by atoms with Crippen LogP contribution < -0.4 is 5.32 Å². The van der Waals surface area contributed by atoms with Gasteiger partial charge >= 0.3 is 5.97 Å². The molecule has 0 saturated heterocycles. The molecule has 0 atom stereocenters. The number of hydrogen-bond acceptors (Lipinski definition) is 5. The van der Waals surface area contributed by atoms with E-state index < -0.39 is 16.8 Å². The van der Waals surface area contributed by atoms with E-state index in [1.54, 1.807) is 37.3 Å². The number of carbonyl (C=O) groups is 2. The number of hydrogen-bond donors (Lipinski definition) is 1. The minimum Gasteiger partial charge on any atom is -0.465 e. The highest BCUT2D eigenvalue weighted by atomic mass is 16.6. The topological polar surface area (TPSA) is 98.5 Å². The lowest BCUT2D eigenvalue weighted by atomic mass is 10.1. The molecule has 2 aromatic rings. The zero-order valence-corrected chi connectivity index (χ0v) is 13.2. The van der Waals surface area contributed by atoms with E-state index in [0.717, 1.165) is 0 Å². The number of benzene rings is 2. The Morgan fingerprint density at radius 1 is 1.17 bits per heavy atom. The molecule has 0 fully saturated rings. The maximum absolute atomic E-state index is 12.2. The Kier molecular flexibility index (Phi) is 5.26. The second-order valence-corrected chi connectivity index (χ2v) is 5.08. The highest BCUT2D eigenvalue weighted by molar-refractivity contribution is 5.97. The molecule has 0 radical (unpaired) electrons. The van der Waals surface area contributed by atoms with Gasteiger partial charge in [0.1, 0.15) is 0 Å². The summed E-state index contributed by atoms with van der Waals surface area (Å²) in [5.74, 6) is -0.906. The lowest BCUT2D eigenvalue weighted by Gasteiger charge is -2.11. The first kappa shape index (κ1) is 17.1. The fourth-order valence-electron chi connectivity index (χ4n) is 2.31. The van der Waals surface area contributed by atoms with Crippen molar-refractivity contribution in [2.45, 2.75) is 13.3 Å². The van der Waals surface area contributed by atoms with Crippen molar-refractivity contribution in [3.63, 3.8) is 0 Å². The van der Waals surface area contributed by atoms with E-state index in [4.69, 9.17) is 0 Å². The maximum atomic E-state index is 12.2. The van der Waals surface area contributed by atoms with Crippen LogP contribution in [0.3, 0.4) is 0 Å². The number of nitro groups is 1. The predicted molar refractivity (Wildman–Crippen MR) is 87.9 cm³/mol. The largest absolute Gasteiger partial charge is 0.465 e. The summed E-state index contributed by atoms with van der Waals surface area (Å²) < 4.78 is 4.69. The Hall–Kier alpha value is -3.22. The van der Waals surface area contributed by atoms with E-state index in [1.807, 2.05) is 0 Å². The van der Waals surface area contributed by atoms with Gasteiger partial charge in [0.15, 0.2) is 0 Å². The van der Waals surface area contributed by atoms with E-state index in [1.165, 1.54) is 19.2 Å². The third-order valence-electron chi connectivity index (χ3n) is 3.55. The number of rotatable bonds is 5. The number of methoxy groups -OCH3 is 1. The second kappa shape index (κ2) is 7.36. The minimum absolute atomic E-state index is 0.104. The van der Waals surface area contributed by atoms with Crippen LogP contribution in [0.1, 0.15) is 21.5 Å². The number of nitrogens with one attached hydrogen (secondary N) is 1. The number of ether oxygens (including phenoxy) is 1. The summed E-state index contributed by atoms with van der Waals surface area (Å²) in [5, 5.41) is 13.7. The molecule has 2 aromatic carbocycles. The van der Waals surface area contributed by atoms with Gasteiger partial charge in [0.05, 0.1) is 24.0 Å². The van der Waals surface area contributed by atoms with Crippen molar-refractivity contribution >= 4 is 23.3 Å². The molecular formula is C17H16N2O5. The fraction of sp³-hybridized carbons (Fsp3) is 0.176. The van der Waals surface area contributed by atoms with E-state index in [9.17, 15) is 19.7 Å². The van der Waals surface area contributed by atoms with Crippen molar-refractivity contribution in [1.29, 1.82) is 0 Å². The summed E-state index contributed by atoms with van der Waals surface area (Å²) in [7, 11) is 1.28. The van der Waals surface area contributed by atoms with E-state index >= 15 is 0 Å². The van der Waals surface area contributed by atoms with Gasteiger partial charge in [-0.2, -0.15) is 0 Å². The number of carbonyl (C=O) groups excluding carboxylic acids is 2. The van der Waals surface area contributed by atoms with Crippen LogP contribution in [-0.4, -0.2) is 23.9 Å². The predicted octanol–water partition coefficient (Wildman–Crippen LogP) is 2.87. The van der Waals surface area contributed by atoms with Crippen LogP contribution in [-0.2, 0) is 16.0 Å². The van der Waals surface area contributed by atoms with Gasteiger partial charge in [-0.1, -0.05) is 24.3 Å². The zero-order valence-electron chi connectivity index (χ0n) is 13.2. The number of nitrogens with zero attached hydrogens (tertiary/aromatic N) is 1. The quantitative estimate of drug-likeness (QED) is 0.517. The lowest BCUT2D eigenvalue weighted by Crippen LogP contribution is -2.17. The summed E-state index contributed by atoms with van der Waals surface area (Å²) in [4.78, 5) is 34.4. The van der Waals surface area contributed by atoms with Crippen LogP contribution in [0.2, 0.25) is 0 Å². The molecule has 2 rings (SSSR count). The molecular weight excluding hydrogens is 312 g/mol. The molecule has 0 bridgehead atoms. The molecule has 0 aliphatic rings. The van der Waals surface area contributed by atoms with Gasteiger partial charge in [-0.25, -0.2) is 4.79 Å². The van der Waals surface area contributed by atoms with Crippen LogP contribution in [0, 0.1) is 17.0 Å². The zero-order chi connectivity index (χ0) is 17.7. The molecule has 7 heteroatoms. The first-order valence-corrected chi connectivity index (χ1v) is 7.14. The van der Waals surface area contributed by atoms with Gasteiger partial charge in [-0.3, -0.25) is 14.9 Å². The van der Waals surface area contributed by atoms with Gasteiger partial charge in [0, 0.05) is 17.3 Å². The van der Waals surface area contributed by atoms with Crippen LogP contribution >= 0.6 is 0 Å². The number of amides is 1. The Balaban J connectivity index is 2.20. The molecule has 0 spiro atoms.